The second-order valence-corrected chi connectivity index (χ2v) is 18.0. The molecule has 0 spiro atoms. The van der Waals surface area contributed by atoms with E-state index in [4.69, 9.17) is 24.8 Å². The molecule has 11 nitrogen and oxygen atoms in total. The van der Waals surface area contributed by atoms with Crippen molar-refractivity contribution in [3.8, 4) is 0 Å². The van der Waals surface area contributed by atoms with Crippen LogP contribution in [0.4, 0.5) is 0 Å². The van der Waals surface area contributed by atoms with Crippen LogP contribution in [0.2, 0.25) is 0 Å². The molecule has 0 bridgehead atoms. The minimum Gasteiger partial charge on any atom is -0.480 e. The number of carbonyl (C=O) groups excluding carboxylic acids is 2. The van der Waals surface area contributed by atoms with Crippen molar-refractivity contribution in [3.05, 3.63) is 24.3 Å². The Morgan fingerprint density at radius 2 is 0.833 bits per heavy atom. The molecule has 0 amide bonds. The number of nitrogens with two attached hydrogens (primary N) is 1. The summed E-state index contributed by atoms with van der Waals surface area (Å²) in [7, 11) is -4.72. The lowest BCUT2D eigenvalue weighted by Crippen LogP contribution is -2.34. The van der Waals surface area contributed by atoms with Gasteiger partial charge in [-0.05, 0) is 64.2 Å². The topological polar surface area (TPSA) is 172 Å². The lowest BCUT2D eigenvalue weighted by Gasteiger charge is -2.20. The molecule has 0 aromatic heterocycles. The van der Waals surface area contributed by atoms with Gasteiger partial charge in [0, 0.05) is 12.8 Å². The molecule has 0 aromatic carbocycles. The van der Waals surface area contributed by atoms with Crippen molar-refractivity contribution in [1.82, 2.24) is 0 Å². The summed E-state index contributed by atoms with van der Waals surface area (Å²) in [4.78, 5) is 46.1. The summed E-state index contributed by atoms with van der Waals surface area (Å²) < 4.78 is 32.8. The average Bonchev–Trinajstić information content (AvgIpc) is 3.22. The van der Waals surface area contributed by atoms with E-state index in [9.17, 15) is 23.8 Å². The number of aliphatic carboxylic acids is 1. The third kappa shape index (κ3) is 42.6. The fourth-order valence-electron chi connectivity index (χ4n) is 6.82. The molecule has 0 rings (SSSR count). The van der Waals surface area contributed by atoms with Crippen LogP contribution in [0.5, 0.6) is 0 Å². The van der Waals surface area contributed by atoms with Crippen molar-refractivity contribution < 1.29 is 47.5 Å². The molecular formula is C48H90NO10P. The first-order valence-electron chi connectivity index (χ1n) is 24.4. The molecule has 60 heavy (non-hydrogen) atoms. The molecule has 0 heterocycles. The van der Waals surface area contributed by atoms with Crippen LogP contribution in [-0.4, -0.2) is 59.9 Å². The third-order valence-corrected chi connectivity index (χ3v) is 11.6. The molecule has 0 saturated carbocycles. The normalized spacial score (nSPS) is 13.8. The molecule has 0 aliphatic heterocycles. The number of phosphoric acid groups is 1. The number of carbonyl (C=O) groups is 3. The average molecular weight is 872 g/mol. The minimum atomic E-state index is -4.72. The molecule has 0 saturated heterocycles. The van der Waals surface area contributed by atoms with Crippen LogP contribution in [0.25, 0.3) is 0 Å². The Morgan fingerprint density at radius 1 is 0.500 bits per heavy atom. The zero-order chi connectivity index (χ0) is 44.2. The maximum Gasteiger partial charge on any atom is 0.472 e. The maximum absolute atomic E-state index is 12.7. The molecule has 12 heteroatoms. The van der Waals surface area contributed by atoms with Gasteiger partial charge in [0.1, 0.15) is 12.6 Å². The maximum atomic E-state index is 12.7. The van der Waals surface area contributed by atoms with Crippen LogP contribution in [-0.2, 0) is 37.5 Å². The van der Waals surface area contributed by atoms with Crippen LogP contribution < -0.4 is 5.73 Å². The van der Waals surface area contributed by atoms with Crippen LogP contribution in [0.1, 0.15) is 232 Å². The number of esters is 2. The van der Waals surface area contributed by atoms with Gasteiger partial charge >= 0.3 is 25.7 Å². The molecule has 4 N–H and O–H groups in total. The van der Waals surface area contributed by atoms with Crippen LogP contribution >= 0.6 is 7.82 Å². The molecule has 0 aromatic rings. The molecule has 0 fully saturated rings. The van der Waals surface area contributed by atoms with Crippen molar-refractivity contribution in [2.24, 2.45) is 5.73 Å². The van der Waals surface area contributed by atoms with Crippen molar-refractivity contribution in [3.63, 3.8) is 0 Å². The quantitative estimate of drug-likeness (QED) is 0.0230. The van der Waals surface area contributed by atoms with Gasteiger partial charge in [-0.15, -0.1) is 0 Å². The highest BCUT2D eigenvalue weighted by molar-refractivity contribution is 7.47. The first-order chi connectivity index (χ1) is 29.1. The highest BCUT2D eigenvalue weighted by atomic mass is 31.2. The number of ether oxygens (including phenoxy) is 2. The Hall–Kier alpha value is -2.04. The van der Waals surface area contributed by atoms with Gasteiger partial charge in [-0.2, -0.15) is 0 Å². The predicted octanol–water partition coefficient (Wildman–Crippen LogP) is 13.4. The van der Waals surface area contributed by atoms with E-state index in [-0.39, 0.29) is 19.4 Å². The Bertz CT molecular complexity index is 1120. The summed E-state index contributed by atoms with van der Waals surface area (Å²) in [5.74, 6) is -2.37. The van der Waals surface area contributed by atoms with Gasteiger partial charge in [0.15, 0.2) is 6.10 Å². The number of unbranched alkanes of at least 4 members (excludes halogenated alkanes) is 28. The molecule has 1 unspecified atom stereocenters. The minimum absolute atomic E-state index is 0.161. The summed E-state index contributed by atoms with van der Waals surface area (Å²) in [6.07, 6.45) is 46.6. The van der Waals surface area contributed by atoms with E-state index in [1.165, 1.54) is 154 Å². The van der Waals surface area contributed by atoms with Crippen molar-refractivity contribution >= 4 is 25.7 Å². The molecule has 352 valence electrons. The fraction of sp³-hybridized carbons (Fsp3) is 0.854. The van der Waals surface area contributed by atoms with E-state index in [1.54, 1.807) is 0 Å². The summed E-state index contributed by atoms with van der Waals surface area (Å²) >= 11 is 0. The van der Waals surface area contributed by atoms with Gasteiger partial charge in [-0.3, -0.25) is 23.4 Å². The lowest BCUT2D eigenvalue weighted by molar-refractivity contribution is -0.161. The van der Waals surface area contributed by atoms with E-state index in [1.807, 2.05) is 0 Å². The van der Waals surface area contributed by atoms with Gasteiger partial charge < -0.3 is 25.2 Å². The first kappa shape index (κ1) is 58.0. The summed E-state index contributed by atoms with van der Waals surface area (Å²) in [5.41, 5.74) is 5.35. The summed E-state index contributed by atoms with van der Waals surface area (Å²) in [6, 6.07) is -1.52. The monoisotopic (exact) mass is 872 g/mol. The first-order valence-corrected chi connectivity index (χ1v) is 25.9. The summed E-state index contributed by atoms with van der Waals surface area (Å²) in [6.45, 7) is 2.82. The van der Waals surface area contributed by atoms with Crippen LogP contribution in [0, 0.1) is 0 Å². The van der Waals surface area contributed by atoms with Gasteiger partial charge in [-0.25, -0.2) is 4.57 Å². The van der Waals surface area contributed by atoms with Crippen LogP contribution in [0.3, 0.4) is 0 Å². The third-order valence-electron chi connectivity index (χ3n) is 10.7. The predicted molar refractivity (Wildman–Crippen MR) is 245 cm³/mol. The Kier molecular flexibility index (Phi) is 42.1. The highest BCUT2D eigenvalue weighted by Gasteiger charge is 2.28. The van der Waals surface area contributed by atoms with Gasteiger partial charge in [-0.1, -0.05) is 179 Å². The fourth-order valence-corrected chi connectivity index (χ4v) is 7.60. The number of phosphoric ester groups is 1. The van der Waals surface area contributed by atoms with Gasteiger partial charge in [0.25, 0.3) is 0 Å². The van der Waals surface area contributed by atoms with E-state index in [0.717, 1.165) is 38.5 Å². The zero-order valence-corrected chi connectivity index (χ0v) is 39.2. The number of hydrogen-bond donors (Lipinski definition) is 3. The largest absolute Gasteiger partial charge is 0.480 e. The van der Waals surface area contributed by atoms with Gasteiger partial charge in [0.2, 0.25) is 0 Å². The van der Waals surface area contributed by atoms with Crippen molar-refractivity contribution in [2.45, 2.75) is 244 Å². The van der Waals surface area contributed by atoms with Gasteiger partial charge in [0.05, 0.1) is 13.2 Å². The second-order valence-electron chi connectivity index (χ2n) is 16.6. The number of carboxylic acid groups (broad SMARTS) is 1. The number of carboxylic acids is 1. The number of allylic oxidation sites excluding steroid dienone is 4. The molecule has 3 atom stereocenters. The van der Waals surface area contributed by atoms with E-state index >= 15 is 0 Å². The smallest absolute Gasteiger partial charge is 0.472 e. The highest BCUT2D eigenvalue weighted by Crippen LogP contribution is 2.43. The van der Waals surface area contributed by atoms with E-state index in [0.29, 0.717) is 12.8 Å². The molecule has 0 aliphatic carbocycles. The number of hydrogen-bond acceptors (Lipinski definition) is 9. The van der Waals surface area contributed by atoms with E-state index < -0.39 is 51.1 Å². The second kappa shape index (κ2) is 43.6. The molecule has 0 aliphatic rings. The lowest BCUT2D eigenvalue weighted by atomic mass is 10.1. The Morgan fingerprint density at radius 3 is 1.23 bits per heavy atom. The standard InChI is InChI=1S/C48H90NO10P/c1-3-5-7-9-11-13-15-17-19-21-22-24-26-28-30-32-34-36-38-40-47(51)59-44(42-57-60(54,55)58-43-45(49)48(52)53)41-56-46(50)39-37-35-33-31-29-27-25-23-20-18-16-14-12-10-8-6-4-2/h14,16-17,19,44-45H,3-13,15,18,20-43,49H2,1-2H3,(H,52,53)(H,54,55)/b16-14+,19-17+/t44-,45+/m1/s1. The van der Waals surface area contributed by atoms with E-state index in [2.05, 4.69) is 42.7 Å². The van der Waals surface area contributed by atoms with Crippen molar-refractivity contribution in [2.75, 3.05) is 19.8 Å². The molecule has 0 radical (unpaired) electrons. The zero-order valence-electron chi connectivity index (χ0n) is 38.3. The Labute approximate surface area is 366 Å². The Balaban J connectivity index is 4.27. The summed E-state index contributed by atoms with van der Waals surface area (Å²) in [5, 5.41) is 8.91. The SMILES string of the molecule is CCCCCC/C=C/CCCCCCCCCCCC(=O)OC[C@H](COP(=O)(O)OC[C@H](N)C(=O)O)OC(=O)CCCCCCCCCCC/C=C/CCCCCCCC. The molecular weight excluding hydrogens is 781 g/mol. The van der Waals surface area contributed by atoms with Crippen LogP contribution in [0.15, 0.2) is 24.3 Å². The number of rotatable bonds is 46. The van der Waals surface area contributed by atoms with Crippen molar-refractivity contribution in [1.29, 1.82) is 0 Å².